The molecule has 3 heterocycles. The fraction of sp³-hybridized carbons (Fsp3) is 0.400. The maximum absolute atomic E-state index is 12.7. The molecule has 1 fully saturated rings. The molecule has 1 amide bonds. The van der Waals surface area contributed by atoms with Crippen molar-refractivity contribution in [1.29, 1.82) is 0 Å². The molecular formula is C30H37N7O. The number of hydrogen-bond donors (Lipinski definition) is 1. The summed E-state index contributed by atoms with van der Waals surface area (Å²) in [6.45, 7) is 7.28. The quantitative estimate of drug-likeness (QED) is 0.354. The number of nitrogens with zero attached hydrogens (tertiary/aromatic N) is 6. The molecule has 0 atom stereocenters. The van der Waals surface area contributed by atoms with E-state index in [1.54, 1.807) is 0 Å². The SMILES string of the molecule is Cc1ccc(-n2nc3c(N4CCC(C(=O)NCCCN(C)C)CC4)nnc(C)c3c2-c2ccccc2)cc1. The van der Waals surface area contributed by atoms with E-state index in [0.717, 1.165) is 84.8 Å². The topological polar surface area (TPSA) is 79.2 Å². The van der Waals surface area contributed by atoms with Gasteiger partial charge in [0, 0.05) is 31.1 Å². The molecule has 8 heteroatoms. The number of piperidine rings is 1. The summed E-state index contributed by atoms with van der Waals surface area (Å²) in [6.07, 6.45) is 2.55. The Labute approximate surface area is 224 Å². The van der Waals surface area contributed by atoms with Gasteiger partial charge in [-0.3, -0.25) is 4.79 Å². The minimum atomic E-state index is 0.0319. The zero-order chi connectivity index (χ0) is 26.6. The molecule has 1 N–H and O–H groups in total. The van der Waals surface area contributed by atoms with Crippen LogP contribution in [0, 0.1) is 19.8 Å². The Hall–Kier alpha value is -3.78. The van der Waals surface area contributed by atoms with Crippen LogP contribution in [0.25, 0.3) is 27.8 Å². The first-order valence-corrected chi connectivity index (χ1v) is 13.5. The molecule has 1 aliphatic heterocycles. The molecule has 8 nitrogen and oxygen atoms in total. The number of fused-ring (bicyclic) bond motifs is 1. The van der Waals surface area contributed by atoms with E-state index in [2.05, 4.69) is 94.9 Å². The van der Waals surface area contributed by atoms with E-state index < -0.39 is 0 Å². The van der Waals surface area contributed by atoms with Gasteiger partial charge in [0.2, 0.25) is 5.91 Å². The molecule has 4 aromatic rings. The zero-order valence-corrected chi connectivity index (χ0v) is 22.8. The van der Waals surface area contributed by atoms with Gasteiger partial charge in [0.25, 0.3) is 0 Å². The van der Waals surface area contributed by atoms with Gasteiger partial charge in [0.15, 0.2) is 5.82 Å². The minimum absolute atomic E-state index is 0.0319. The van der Waals surface area contributed by atoms with Gasteiger partial charge in [0.05, 0.1) is 22.5 Å². The van der Waals surface area contributed by atoms with Crippen LogP contribution in [0.1, 0.15) is 30.5 Å². The van der Waals surface area contributed by atoms with Crippen molar-refractivity contribution in [3.8, 4) is 16.9 Å². The van der Waals surface area contributed by atoms with Crippen LogP contribution in [0.15, 0.2) is 54.6 Å². The number of benzene rings is 2. The number of carbonyl (C=O) groups excluding carboxylic acids is 1. The van der Waals surface area contributed by atoms with Crippen molar-refractivity contribution in [2.45, 2.75) is 33.1 Å². The molecule has 0 aliphatic carbocycles. The van der Waals surface area contributed by atoms with Crippen LogP contribution < -0.4 is 10.2 Å². The van der Waals surface area contributed by atoms with Crippen LogP contribution in [0.5, 0.6) is 0 Å². The molecule has 0 radical (unpaired) electrons. The Morgan fingerprint density at radius 3 is 2.39 bits per heavy atom. The second kappa shape index (κ2) is 11.3. The third-order valence-electron chi connectivity index (χ3n) is 7.33. The Bertz CT molecular complexity index is 1390. The van der Waals surface area contributed by atoms with Crippen molar-refractivity contribution < 1.29 is 4.79 Å². The largest absolute Gasteiger partial charge is 0.356 e. The molecule has 2 aromatic carbocycles. The van der Waals surface area contributed by atoms with Gasteiger partial charge < -0.3 is 15.1 Å². The summed E-state index contributed by atoms with van der Waals surface area (Å²) in [4.78, 5) is 17.1. The van der Waals surface area contributed by atoms with Crippen LogP contribution in [-0.2, 0) is 4.79 Å². The number of carbonyl (C=O) groups is 1. The highest BCUT2D eigenvalue weighted by molar-refractivity contribution is 6.00. The van der Waals surface area contributed by atoms with Crippen LogP contribution in [0.2, 0.25) is 0 Å². The van der Waals surface area contributed by atoms with E-state index >= 15 is 0 Å². The first-order chi connectivity index (χ1) is 18.4. The van der Waals surface area contributed by atoms with Crippen molar-refractivity contribution in [3.05, 3.63) is 65.9 Å². The second-order valence-electron chi connectivity index (χ2n) is 10.5. The summed E-state index contributed by atoms with van der Waals surface area (Å²) in [5, 5.41) is 18.5. The van der Waals surface area contributed by atoms with Crippen molar-refractivity contribution >= 4 is 22.6 Å². The molecule has 0 unspecified atom stereocenters. The Morgan fingerprint density at radius 1 is 1.00 bits per heavy atom. The van der Waals surface area contributed by atoms with Gasteiger partial charge in [-0.1, -0.05) is 48.0 Å². The van der Waals surface area contributed by atoms with Crippen molar-refractivity contribution in [2.24, 2.45) is 5.92 Å². The highest BCUT2D eigenvalue weighted by atomic mass is 16.1. The van der Waals surface area contributed by atoms with E-state index in [1.165, 1.54) is 5.56 Å². The number of rotatable bonds is 8. The molecule has 198 valence electrons. The standard InChI is InChI=1S/C30H37N7O/c1-21-11-13-25(14-12-21)37-28(23-9-6-5-7-10-23)26-22(2)32-33-29(27(26)34-37)36-19-15-24(16-20-36)30(38)31-17-8-18-35(3)4/h5-7,9-14,24H,8,15-20H2,1-4H3,(H,31,38). The number of nitrogens with one attached hydrogen (secondary N) is 1. The average Bonchev–Trinajstić information content (AvgIpc) is 3.34. The lowest BCUT2D eigenvalue weighted by atomic mass is 9.95. The molecule has 0 spiro atoms. The summed E-state index contributed by atoms with van der Waals surface area (Å²) < 4.78 is 2.02. The Balaban J connectivity index is 1.44. The van der Waals surface area contributed by atoms with E-state index in [0.29, 0.717) is 0 Å². The summed E-state index contributed by atoms with van der Waals surface area (Å²) in [5.41, 5.74) is 6.01. The van der Waals surface area contributed by atoms with Crippen molar-refractivity contribution in [3.63, 3.8) is 0 Å². The third-order valence-corrected chi connectivity index (χ3v) is 7.33. The summed E-state index contributed by atoms with van der Waals surface area (Å²) in [7, 11) is 4.10. The maximum Gasteiger partial charge on any atom is 0.223 e. The Kier molecular flexibility index (Phi) is 7.69. The predicted molar refractivity (Wildman–Crippen MR) is 153 cm³/mol. The highest BCUT2D eigenvalue weighted by Crippen LogP contribution is 2.37. The highest BCUT2D eigenvalue weighted by Gasteiger charge is 2.29. The van der Waals surface area contributed by atoms with E-state index in [4.69, 9.17) is 5.10 Å². The fourth-order valence-corrected chi connectivity index (χ4v) is 5.19. The minimum Gasteiger partial charge on any atom is -0.356 e. The third kappa shape index (κ3) is 5.41. The average molecular weight is 512 g/mol. The first-order valence-electron chi connectivity index (χ1n) is 13.5. The number of aromatic nitrogens is 4. The molecule has 1 aliphatic rings. The normalized spacial score (nSPS) is 14.4. The summed E-state index contributed by atoms with van der Waals surface area (Å²) in [5.74, 6) is 0.988. The lowest BCUT2D eigenvalue weighted by Gasteiger charge is -2.32. The molecule has 1 saturated heterocycles. The van der Waals surface area contributed by atoms with E-state index in [9.17, 15) is 4.79 Å². The molecule has 38 heavy (non-hydrogen) atoms. The molecule has 0 saturated carbocycles. The van der Waals surface area contributed by atoms with Crippen LogP contribution >= 0.6 is 0 Å². The summed E-state index contributed by atoms with van der Waals surface area (Å²) >= 11 is 0. The molecule has 2 aromatic heterocycles. The van der Waals surface area contributed by atoms with Gasteiger partial charge >= 0.3 is 0 Å². The lowest BCUT2D eigenvalue weighted by Crippen LogP contribution is -2.41. The van der Waals surface area contributed by atoms with Gasteiger partial charge in [-0.25, -0.2) is 4.68 Å². The van der Waals surface area contributed by atoms with Gasteiger partial charge in [-0.05, 0) is 65.9 Å². The van der Waals surface area contributed by atoms with Crippen LogP contribution in [-0.4, -0.2) is 71.1 Å². The lowest BCUT2D eigenvalue weighted by molar-refractivity contribution is -0.125. The molecule has 5 rings (SSSR count). The second-order valence-corrected chi connectivity index (χ2v) is 10.5. The van der Waals surface area contributed by atoms with E-state index in [-0.39, 0.29) is 11.8 Å². The fourth-order valence-electron chi connectivity index (χ4n) is 5.19. The predicted octanol–water partition coefficient (Wildman–Crippen LogP) is 4.38. The van der Waals surface area contributed by atoms with Gasteiger partial charge in [-0.15, -0.1) is 5.10 Å². The van der Waals surface area contributed by atoms with Crippen molar-refractivity contribution in [2.75, 3.05) is 45.2 Å². The monoisotopic (exact) mass is 511 g/mol. The zero-order valence-electron chi connectivity index (χ0n) is 22.8. The molecular weight excluding hydrogens is 474 g/mol. The smallest absolute Gasteiger partial charge is 0.223 e. The van der Waals surface area contributed by atoms with Crippen molar-refractivity contribution in [1.82, 2.24) is 30.2 Å². The number of anilines is 1. The summed E-state index contributed by atoms with van der Waals surface area (Å²) in [6, 6.07) is 18.8. The number of aryl methyl sites for hydroxylation is 2. The van der Waals surface area contributed by atoms with Crippen LogP contribution in [0.4, 0.5) is 5.82 Å². The maximum atomic E-state index is 12.7. The first kappa shape index (κ1) is 25.9. The van der Waals surface area contributed by atoms with Crippen LogP contribution in [0.3, 0.4) is 0 Å². The van der Waals surface area contributed by atoms with Gasteiger partial charge in [0.1, 0.15) is 5.52 Å². The Morgan fingerprint density at radius 2 is 1.71 bits per heavy atom. The number of amides is 1. The van der Waals surface area contributed by atoms with Gasteiger partial charge in [-0.2, -0.15) is 10.2 Å². The molecule has 0 bridgehead atoms. The van der Waals surface area contributed by atoms with E-state index in [1.807, 2.05) is 17.7 Å². The number of hydrogen-bond acceptors (Lipinski definition) is 6.